The van der Waals surface area contributed by atoms with Crippen LogP contribution >= 0.6 is 84.8 Å². The van der Waals surface area contributed by atoms with Crippen molar-refractivity contribution >= 4 is 103 Å². The van der Waals surface area contributed by atoms with E-state index in [4.69, 9.17) is 10.5 Å². The molecular weight excluding hydrogens is 1390 g/mol. The molecule has 3 amide bonds. The van der Waals surface area contributed by atoms with E-state index < -0.39 is 35.6 Å². The number of carbonyl (C=O) groups is 3. The predicted molar refractivity (Wildman–Crippen MR) is 312 cm³/mol. The van der Waals surface area contributed by atoms with Gasteiger partial charge in [0.25, 0.3) is 0 Å². The molecule has 3 aliphatic carbocycles. The fraction of sp³-hybridized carbons (Fsp3) is 0.585. The van der Waals surface area contributed by atoms with Crippen LogP contribution in [0.3, 0.4) is 0 Å². The van der Waals surface area contributed by atoms with E-state index in [-0.39, 0.29) is 65.7 Å². The fourth-order valence-corrected chi connectivity index (χ4v) is 8.77. The molecule has 0 bridgehead atoms. The van der Waals surface area contributed by atoms with Gasteiger partial charge in [0.2, 0.25) is 5.91 Å². The van der Waals surface area contributed by atoms with Crippen LogP contribution in [0.4, 0.5) is 31.1 Å². The van der Waals surface area contributed by atoms with Crippen molar-refractivity contribution in [1.82, 2.24) is 20.0 Å². The van der Waals surface area contributed by atoms with Crippen molar-refractivity contribution in [3.63, 3.8) is 0 Å². The minimum absolute atomic E-state index is 0. The number of amides is 3. The van der Waals surface area contributed by atoms with Crippen LogP contribution in [-0.4, -0.2) is 102 Å². The SMILES string of the molecule is CC(=O)N(CC1CCNCC1)C1CC1c1ccc(F)cc1.CC(C)(C)OC(=O)N1CCC(CN(C(=O)C(F)(F)F)C2CC2c2ccc(F)cc2)CC1.CCC.Cl.Cl.NC1CC1c1ccc(F)cc1.[CH2-]C.[I][V]([I])[I]. The van der Waals surface area contributed by atoms with Crippen LogP contribution < -0.4 is 11.1 Å². The summed E-state index contributed by atoms with van der Waals surface area (Å²) in [6.45, 7) is 20.0. The number of halogens is 11. The van der Waals surface area contributed by atoms with E-state index in [1.165, 1.54) is 48.4 Å². The predicted octanol–water partition coefficient (Wildman–Crippen LogP) is 14.6. The molecule has 3 aromatic rings. The molecule has 74 heavy (non-hydrogen) atoms. The summed E-state index contributed by atoms with van der Waals surface area (Å²) in [4.78, 5) is 40.6. The molecular formula is C53H76Cl2F6I3N5O4V-. The van der Waals surface area contributed by atoms with E-state index >= 15 is 0 Å². The molecule has 3 saturated carbocycles. The summed E-state index contributed by atoms with van der Waals surface area (Å²) in [5.74, 6) is -1.34. The molecule has 6 atom stereocenters. The third-order valence-corrected chi connectivity index (χ3v) is 12.6. The summed E-state index contributed by atoms with van der Waals surface area (Å²) in [5, 5.41) is 3.36. The Morgan fingerprint density at radius 1 is 0.689 bits per heavy atom. The van der Waals surface area contributed by atoms with Gasteiger partial charge in [-0.3, -0.25) is 9.59 Å². The first-order valence-electron chi connectivity index (χ1n) is 24.8. The number of benzene rings is 3. The molecule has 3 N–H and O–H groups in total. The molecule has 420 valence electrons. The molecule has 0 aromatic heterocycles. The number of hydrogen-bond acceptors (Lipinski definition) is 6. The Bertz CT molecular complexity index is 2090. The molecule has 0 spiro atoms. The molecule has 8 rings (SSSR count). The van der Waals surface area contributed by atoms with Gasteiger partial charge in [-0.25, -0.2) is 18.0 Å². The summed E-state index contributed by atoms with van der Waals surface area (Å²) in [6, 6.07) is 19.0. The van der Waals surface area contributed by atoms with E-state index in [9.17, 15) is 40.7 Å². The second-order valence-electron chi connectivity index (χ2n) is 19.6. The van der Waals surface area contributed by atoms with Crippen molar-refractivity contribution in [2.75, 3.05) is 39.3 Å². The van der Waals surface area contributed by atoms with Gasteiger partial charge in [0, 0.05) is 69.0 Å². The number of nitrogens with zero attached hydrogens (tertiary/aromatic N) is 3. The summed E-state index contributed by atoms with van der Waals surface area (Å²) >= 11 is 7.39. The van der Waals surface area contributed by atoms with Gasteiger partial charge >= 0.3 is 83.0 Å². The number of ether oxygens (including phenoxy) is 1. The number of likely N-dealkylation sites (tertiary alicyclic amines) is 1. The van der Waals surface area contributed by atoms with Gasteiger partial charge in [-0.05, 0) is 144 Å². The Hall–Kier alpha value is -1.28. The number of piperidine rings is 2. The maximum absolute atomic E-state index is 13.2. The monoisotopic (exact) mass is 1460 g/mol. The van der Waals surface area contributed by atoms with Gasteiger partial charge in [-0.1, -0.05) is 56.7 Å². The zero-order chi connectivity index (χ0) is 53.9. The molecule has 6 unspecified atom stereocenters. The molecule has 2 heterocycles. The standard InChI is InChI=1S/C22H28F4N2O3.C17H23FN2O.C9H10FN.C3H8.C2H5.2ClH.3HI.V/c1-21(2,3)31-20(30)27-10-8-14(9-11-27)13-28(19(29)22(24,25)26)18-12-17(18)15-4-6-16(23)7-5-15;1-12(21)20(11-13-6-8-19-9-7-13)17-10-16(17)14-2-4-15(18)5-3-14;10-7-3-1-6(2-4-7)8-5-9(8)11;1-3-2;1-2;;;;;;/h4-7,14,17-18H,8-13H2,1-3H3;2-5,13,16-17,19H,6-11H2,1H3;1-4,8-9H,5,11H2;3H2,1-2H3;1H2,2H3;5*1H;/q;;;;-1;;;;;;+3/p-3. The maximum atomic E-state index is 13.2. The minimum atomic E-state index is -4.95. The first-order valence-corrected chi connectivity index (χ1v) is 38.3. The van der Waals surface area contributed by atoms with Gasteiger partial charge < -0.3 is 37.4 Å². The molecule has 0 radical (unpaired) electrons. The number of hydrogen-bond donors (Lipinski definition) is 2. The van der Waals surface area contributed by atoms with Gasteiger partial charge in [-0.2, -0.15) is 20.1 Å². The molecule has 2 saturated heterocycles. The van der Waals surface area contributed by atoms with Crippen LogP contribution in [0, 0.1) is 36.2 Å². The quantitative estimate of drug-likeness (QED) is 0.126. The first-order chi connectivity index (χ1) is 33.9. The van der Waals surface area contributed by atoms with Crippen LogP contribution in [0.15, 0.2) is 72.8 Å². The van der Waals surface area contributed by atoms with Crippen molar-refractivity contribution in [2.45, 2.75) is 147 Å². The van der Waals surface area contributed by atoms with E-state index in [2.05, 4.69) is 86.0 Å². The van der Waals surface area contributed by atoms with Crippen LogP contribution in [-0.2, 0) is 19.2 Å². The van der Waals surface area contributed by atoms with Gasteiger partial charge in [0.1, 0.15) is 23.1 Å². The topological polar surface area (TPSA) is 108 Å². The van der Waals surface area contributed by atoms with E-state index in [1.54, 1.807) is 51.7 Å². The van der Waals surface area contributed by atoms with E-state index in [0.717, 1.165) is 61.3 Å². The summed E-state index contributed by atoms with van der Waals surface area (Å²) in [6.07, 6.45) is 1.63. The molecule has 9 nitrogen and oxygen atoms in total. The number of nitrogens with one attached hydrogen (secondary N) is 1. The van der Waals surface area contributed by atoms with Crippen molar-refractivity contribution < 1.29 is 50.4 Å². The van der Waals surface area contributed by atoms with Crippen LogP contribution in [0.25, 0.3) is 0 Å². The van der Waals surface area contributed by atoms with Crippen LogP contribution in [0.1, 0.15) is 134 Å². The van der Waals surface area contributed by atoms with Crippen molar-refractivity contribution in [3.8, 4) is 0 Å². The third-order valence-electron chi connectivity index (χ3n) is 12.6. The summed E-state index contributed by atoms with van der Waals surface area (Å²) in [5.41, 5.74) is 8.07. The number of rotatable bonds is 9. The number of nitrogens with two attached hydrogens (primary N) is 1. The summed E-state index contributed by atoms with van der Waals surface area (Å²) in [7, 11) is 0. The van der Waals surface area contributed by atoms with Crippen LogP contribution in [0.2, 0.25) is 0 Å². The molecule has 5 fully saturated rings. The Balaban J connectivity index is 0.000000546. The zero-order valence-corrected chi connectivity index (χ0v) is 52.9. The van der Waals surface area contributed by atoms with Gasteiger partial charge in [-0.15, -0.1) is 24.8 Å². The normalized spacial score (nSPS) is 21.6. The number of alkyl halides is 3. The molecule has 5 aliphatic rings. The first kappa shape index (κ1) is 70.7. The average Bonchev–Trinajstić information content (AvgIpc) is 4.25. The van der Waals surface area contributed by atoms with Crippen LogP contribution in [0.5, 0.6) is 0 Å². The third kappa shape index (κ3) is 25.7. The summed E-state index contributed by atoms with van der Waals surface area (Å²) < 4.78 is 83.6. The fourth-order valence-electron chi connectivity index (χ4n) is 8.77. The van der Waals surface area contributed by atoms with E-state index in [1.807, 2.05) is 29.2 Å². The molecule has 3 aromatic carbocycles. The van der Waals surface area contributed by atoms with Crippen molar-refractivity contribution in [2.24, 2.45) is 17.6 Å². The molecule has 21 heteroatoms. The second-order valence-corrected chi connectivity index (χ2v) is 55.0. The van der Waals surface area contributed by atoms with Crippen molar-refractivity contribution in [3.05, 3.63) is 114 Å². The zero-order valence-electron chi connectivity index (χ0n) is 43.4. The number of carbonyl (C=O) groups excluding carboxylic acids is 3. The Kier molecular flexibility index (Phi) is 33.1. The second kappa shape index (κ2) is 34.7. The van der Waals surface area contributed by atoms with Gasteiger partial charge in [0.15, 0.2) is 0 Å². The van der Waals surface area contributed by atoms with E-state index in [0.29, 0.717) is 62.2 Å². The Labute approximate surface area is 486 Å². The van der Waals surface area contributed by atoms with Crippen molar-refractivity contribution in [1.29, 1.82) is 0 Å². The Morgan fingerprint density at radius 2 is 1.03 bits per heavy atom. The van der Waals surface area contributed by atoms with Gasteiger partial charge in [0.05, 0.1) is 0 Å². The average molecular weight is 1460 g/mol. The molecule has 2 aliphatic heterocycles. The Morgan fingerprint density at radius 3 is 1.36 bits per heavy atom.